The van der Waals surface area contributed by atoms with Crippen molar-refractivity contribution in [3.63, 3.8) is 0 Å². The van der Waals surface area contributed by atoms with E-state index >= 15 is 0 Å². The number of benzene rings is 1. The van der Waals surface area contributed by atoms with Crippen molar-refractivity contribution in [3.8, 4) is 11.5 Å². The topological polar surface area (TPSA) is 80.9 Å². The molecule has 0 radical (unpaired) electrons. The Kier molecular flexibility index (Phi) is 5.10. The molecule has 0 saturated carbocycles. The van der Waals surface area contributed by atoms with E-state index in [2.05, 4.69) is 5.32 Å². The van der Waals surface area contributed by atoms with Crippen LogP contribution in [0.2, 0.25) is 0 Å². The summed E-state index contributed by atoms with van der Waals surface area (Å²) in [5, 5.41) is 17.6. The van der Waals surface area contributed by atoms with Gasteiger partial charge in [0.2, 0.25) is 0 Å². The van der Waals surface area contributed by atoms with Crippen LogP contribution in [-0.2, 0) is 16.8 Å². The monoisotopic (exact) mass is 413 g/mol. The minimum atomic E-state index is -1.44. The van der Waals surface area contributed by atoms with E-state index in [1.165, 1.54) is 17.6 Å². The highest BCUT2D eigenvalue weighted by Crippen LogP contribution is 2.41. The second-order valence-electron chi connectivity index (χ2n) is 7.70. The molecule has 2 aromatic heterocycles. The summed E-state index contributed by atoms with van der Waals surface area (Å²) < 4.78 is 17.1. The predicted octanol–water partition coefficient (Wildman–Crippen LogP) is 3.49. The molecule has 1 aliphatic heterocycles. The Morgan fingerprint density at radius 3 is 2.90 bits per heavy atom. The summed E-state index contributed by atoms with van der Waals surface area (Å²) in [7, 11) is 0. The van der Waals surface area contributed by atoms with Crippen LogP contribution in [0.3, 0.4) is 0 Å². The van der Waals surface area contributed by atoms with Gasteiger partial charge in [-0.3, -0.25) is 4.79 Å². The molecule has 1 amide bonds. The van der Waals surface area contributed by atoms with Crippen LogP contribution < -0.4 is 14.8 Å². The van der Waals surface area contributed by atoms with E-state index < -0.39 is 5.60 Å². The van der Waals surface area contributed by atoms with Gasteiger partial charge in [-0.1, -0.05) is 12.1 Å². The Hall–Kier alpha value is -2.77. The van der Waals surface area contributed by atoms with E-state index in [1.807, 2.05) is 42.8 Å². The number of fused-ring (bicyclic) bond motifs is 1. The minimum absolute atomic E-state index is 0.0319. The SMILES string of the molecule is CC1(C)Cc2cccc(OCC(=O)NC[C@@](O)(c3ccsc3)c3ccco3)c2O1. The van der Waals surface area contributed by atoms with E-state index in [0.29, 0.717) is 22.8 Å². The zero-order valence-corrected chi connectivity index (χ0v) is 17.1. The largest absolute Gasteiger partial charge is 0.483 e. The van der Waals surface area contributed by atoms with Crippen LogP contribution in [0, 0.1) is 0 Å². The number of thiophene rings is 1. The number of carbonyl (C=O) groups is 1. The van der Waals surface area contributed by atoms with E-state index in [-0.39, 0.29) is 24.7 Å². The molecule has 29 heavy (non-hydrogen) atoms. The molecule has 0 unspecified atom stereocenters. The number of carbonyl (C=O) groups excluding carboxylic acids is 1. The quantitative estimate of drug-likeness (QED) is 0.620. The fourth-order valence-corrected chi connectivity index (χ4v) is 4.19. The molecule has 4 rings (SSSR count). The van der Waals surface area contributed by atoms with Gasteiger partial charge in [0.15, 0.2) is 23.7 Å². The molecule has 1 atom stereocenters. The fourth-order valence-electron chi connectivity index (χ4n) is 3.47. The summed E-state index contributed by atoms with van der Waals surface area (Å²) >= 11 is 1.46. The third kappa shape index (κ3) is 4.02. The van der Waals surface area contributed by atoms with Gasteiger partial charge in [-0.15, -0.1) is 0 Å². The third-order valence-electron chi connectivity index (χ3n) is 4.88. The zero-order valence-electron chi connectivity index (χ0n) is 16.3. The lowest BCUT2D eigenvalue weighted by Crippen LogP contribution is -2.42. The van der Waals surface area contributed by atoms with Crippen LogP contribution in [0.1, 0.15) is 30.7 Å². The normalized spacial score (nSPS) is 16.5. The molecule has 1 aliphatic rings. The van der Waals surface area contributed by atoms with Crippen molar-refractivity contribution < 1.29 is 23.8 Å². The van der Waals surface area contributed by atoms with E-state index in [9.17, 15) is 9.90 Å². The molecule has 0 fully saturated rings. The molecular formula is C22H23NO5S. The number of rotatable bonds is 7. The van der Waals surface area contributed by atoms with Crippen LogP contribution in [0.5, 0.6) is 11.5 Å². The third-order valence-corrected chi connectivity index (χ3v) is 5.57. The molecule has 0 saturated heterocycles. The first-order chi connectivity index (χ1) is 13.9. The maximum atomic E-state index is 12.4. The number of amides is 1. The second-order valence-corrected chi connectivity index (χ2v) is 8.48. The van der Waals surface area contributed by atoms with Gasteiger partial charge in [-0.25, -0.2) is 0 Å². The molecule has 0 aliphatic carbocycles. The Morgan fingerprint density at radius 1 is 1.31 bits per heavy atom. The van der Waals surface area contributed by atoms with Crippen molar-refractivity contribution in [2.45, 2.75) is 31.5 Å². The van der Waals surface area contributed by atoms with Crippen molar-refractivity contribution in [2.24, 2.45) is 0 Å². The summed E-state index contributed by atoms with van der Waals surface area (Å²) in [6.07, 6.45) is 2.29. The van der Waals surface area contributed by atoms with Gasteiger partial charge in [0, 0.05) is 17.5 Å². The molecule has 0 bridgehead atoms. The second kappa shape index (κ2) is 7.57. The first kappa shape index (κ1) is 19.5. The predicted molar refractivity (Wildman–Crippen MR) is 109 cm³/mol. The number of para-hydroxylation sites is 1. The number of hydrogen-bond acceptors (Lipinski definition) is 6. The lowest BCUT2D eigenvalue weighted by molar-refractivity contribution is -0.124. The molecule has 3 aromatic rings. The highest BCUT2D eigenvalue weighted by atomic mass is 32.1. The van der Waals surface area contributed by atoms with Crippen LogP contribution >= 0.6 is 11.3 Å². The Labute approximate surface area is 173 Å². The van der Waals surface area contributed by atoms with E-state index in [0.717, 1.165) is 12.0 Å². The highest BCUT2D eigenvalue weighted by Gasteiger charge is 2.36. The molecule has 0 spiro atoms. The lowest BCUT2D eigenvalue weighted by Gasteiger charge is -2.25. The molecule has 3 heterocycles. The van der Waals surface area contributed by atoms with E-state index in [1.54, 1.807) is 18.2 Å². The number of furan rings is 1. The van der Waals surface area contributed by atoms with Gasteiger partial charge >= 0.3 is 0 Å². The molecular weight excluding hydrogens is 390 g/mol. The summed E-state index contributed by atoms with van der Waals surface area (Å²) in [5.41, 5.74) is -0.00235. The minimum Gasteiger partial charge on any atom is -0.483 e. The molecule has 2 N–H and O–H groups in total. The molecule has 7 heteroatoms. The van der Waals surface area contributed by atoms with Crippen LogP contribution in [0.25, 0.3) is 0 Å². The van der Waals surface area contributed by atoms with Gasteiger partial charge < -0.3 is 24.3 Å². The molecule has 6 nitrogen and oxygen atoms in total. The van der Waals surface area contributed by atoms with Crippen molar-refractivity contribution in [2.75, 3.05) is 13.2 Å². The molecule has 1 aromatic carbocycles. The first-order valence-corrected chi connectivity index (χ1v) is 10.3. The Bertz CT molecular complexity index is 945. The zero-order chi connectivity index (χ0) is 20.5. The van der Waals surface area contributed by atoms with Crippen molar-refractivity contribution in [1.82, 2.24) is 5.32 Å². The van der Waals surface area contributed by atoms with Gasteiger partial charge in [0.1, 0.15) is 11.4 Å². The smallest absolute Gasteiger partial charge is 0.258 e. The van der Waals surface area contributed by atoms with Crippen LogP contribution in [-0.4, -0.2) is 29.8 Å². The highest BCUT2D eigenvalue weighted by molar-refractivity contribution is 7.08. The number of hydrogen-bond donors (Lipinski definition) is 2. The Morgan fingerprint density at radius 2 is 2.17 bits per heavy atom. The van der Waals surface area contributed by atoms with Crippen LogP contribution in [0.4, 0.5) is 0 Å². The maximum Gasteiger partial charge on any atom is 0.258 e. The first-order valence-electron chi connectivity index (χ1n) is 9.37. The number of ether oxygens (including phenoxy) is 2. The van der Waals surface area contributed by atoms with Gasteiger partial charge in [0.05, 0.1) is 12.8 Å². The summed E-state index contributed by atoms with van der Waals surface area (Å²) in [6.45, 7) is 3.82. The Balaban J connectivity index is 1.40. The van der Waals surface area contributed by atoms with E-state index in [4.69, 9.17) is 13.9 Å². The van der Waals surface area contributed by atoms with Crippen molar-refractivity contribution >= 4 is 17.2 Å². The fraction of sp³-hybridized carbons (Fsp3) is 0.318. The number of nitrogens with one attached hydrogen (secondary N) is 1. The average Bonchev–Trinajstić information content (AvgIpc) is 3.44. The van der Waals surface area contributed by atoms with Crippen LogP contribution in [0.15, 0.2) is 57.8 Å². The van der Waals surface area contributed by atoms with Crippen molar-refractivity contribution in [1.29, 1.82) is 0 Å². The van der Waals surface area contributed by atoms with Crippen molar-refractivity contribution in [3.05, 3.63) is 70.3 Å². The summed E-state index contributed by atoms with van der Waals surface area (Å²) in [6, 6.07) is 10.9. The van der Waals surface area contributed by atoms with Gasteiger partial charge in [-0.05, 0) is 48.9 Å². The number of aliphatic hydroxyl groups is 1. The van der Waals surface area contributed by atoms with Gasteiger partial charge in [-0.2, -0.15) is 11.3 Å². The molecule has 152 valence electrons. The standard InChI is InChI=1S/C22H23NO5S/c1-21(2)11-15-5-3-6-17(20(15)28-21)27-12-19(24)23-14-22(25,16-8-10-29-13-16)18-7-4-9-26-18/h3-10,13,25H,11-12,14H2,1-2H3,(H,23,24)/t22-/m1/s1. The lowest BCUT2D eigenvalue weighted by atomic mass is 9.93. The van der Waals surface area contributed by atoms with Gasteiger partial charge in [0.25, 0.3) is 5.91 Å². The summed E-state index contributed by atoms with van der Waals surface area (Å²) in [4.78, 5) is 12.4. The summed E-state index contributed by atoms with van der Waals surface area (Å²) in [5.74, 6) is 1.26. The maximum absolute atomic E-state index is 12.4. The average molecular weight is 413 g/mol.